The molecule has 0 aliphatic carbocycles. The van der Waals surface area contributed by atoms with Crippen LogP contribution in [0.25, 0.3) is 0 Å². The fourth-order valence-corrected chi connectivity index (χ4v) is 0.993. The molecule has 1 atom stereocenters. The van der Waals surface area contributed by atoms with E-state index in [4.69, 9.17) is 0 Å². The Morgan fingerprint density at radius 1 is 1.18 bits per heavy atom. The summed E-state index contributed by atoms with van der Waals surface area (Å²) in [5.41, 5.74) is 0. The monoisotopic (exact) mass is 157 g/mol. The zero-order valence-corrected chi connectivity index (χ0v) is 8.32. The van der Waals surface area contributed by atoms with E-state index in [-0.39, 0.29) is 0 Å². The molecular formula is C10H23N. The molecule has 68 valence electrons. The van der Waals surface area contributed by atoms with Gasteiger partial charge in [0.1, 0.15) is 0 Å². The molecule has 0 heterocycles. The van der Waals surface area contributed by atoms with Crippen molar-refractivity contribution in [2.75, 3.05) is 13.1 Å². The van der Waals surface area contributed by atoms with Crippen LogP contribution in [0.15, 0.2) is 0 Å². The molecule has 0 aromatic heterocycles. The van der Waals surface area contributed by atoms with Crippen LogP contribution in [0.2, 0.25) is 0 Å². The van der Waals surface area contributed by atoms with Crippen molar-refractivity contribution >= 4 is 0 Å². The van der Waals surface area contributed by atoms with Crippen LogP contribution in [0, 0.1) is 5.92 Å². The minimum atomic E-state index is 0.844. The third-order valence-electron chi connectivity index (χ3n) is 2.15. The van der Waals surface area contributed by atoms with E-state index in [1.165, 1.54) is 38.8 Å². The molecule has 0 spiro atoms. The maximum atomic E-state index is 3.47. The molecule has 0 radical (unpaired) electrons. The molecule has 0 bridgehead atoms. The molecule has 0 fully saturated rings. The predicted molar refractivity (Wildman–Crippen MR) is 51.8 cm³/mol. The summed E-state index contributed by atoms with van der Waals surface area (Å²) in [5.74, 6) is 0.844. The normalized spacial score (nSPS) is 13.4. The van der Waals surface area contributed by atoms with Gasteiger partial charge in [0.05, 0.1) is 0 Å². The minimum absolute atomic E-state index is 0.844. The van der Waals surface area contributed by atoms with Crippen molar-refractivity contribution in [2.45, 2.75) is 46.5 Å². The summed E-state index contributed by atoms with van der Waals surface area (Å²) in [5, 5.41) is 3.47. The third-order valence-corrected chi connectivity index (χ3v) is 2.15. The summed E-state index contributed by atoms with van der Waals surface area (Å²) in [6, 6.07) is 0. The zero-order chi connectivity index (χ0) is 8.53. The topological polar surface area (TPSA) is 12.0 Å². The number of rotatable bonds is 7. The molecule has 0 rings (SSSR count). The molecule has 0 saturated carbocycles. The number of unbranched alkanes of at least 4 members (excludes halogenated alkanes) is 2. The van der Waals surface area contributed by atoms with E-state index in [9.17, 15) is 0 Å². The van der Waals surface area contributed by atoms with Gasteiger partial charge in [0.2, 0.25) is 0 Å². The minimum Gasteiger partial charge on any atom is -0.316 e. The van der Waals surface area contributed by atoms with Gasteiger partial charge in [-0.15, -0.1) is 0 Å². The van der Waals surface area contributed by atoms with E-state index in [0.717, 1.165) is 5.92 Å². The second-order valence-corrected chi connectivity index (χ2v) is 3.42. The first kappa shape index (κ1) is 11.0. The van der Waals surface area contributed by atoms with Crippen LogP contribution in [0.5, 0.6) is 0 Å². The lowest BCUT2D eigenvalue weighted by molar-refractivity contribution is 0.491. The van der Waals surface area contributed by atoms with E-state index < -0.39 is 0 Å². The Bertz CT molecular complexity index is 71.3. The number of nitrogens with one attached hydrogen (secondary N) is 1. The second kappa shape index (κ2) is 8.06. The lowest BCUT2D eigenvalue weighted by Gasteiger charge is -2.09. The van der Waals surface area contributed by atoms with Crippen molar-refractivity contribution in [3.8, 4) is 0 Å². The van der Waals surface area contributed by atoms with Crippen molar-refractivity contribution in [2.24, 2.45) is 5.92 Å². The molecule has 0 saturated heterocycles. The van der Waals surface area contributed by atoms with Gasteiger partial charge < -0.3 is 5.32 Å². The van der Waals surface area contributed by atoms with E-state index in [0.29, 0.717) is 0 Å². The lowest BCUT2D eigenvalue weighted by atomic mass is 10.1. The highest BCUT2D eigenvalue weighted by Gasteiger charge is 1.95. The van der Waals surface area contributed by atoms with Gasteiger partial charge in [-0.25, -0.2) is 0 Å². The Morgan fingerprint density at radius 2 is 1.91 bits per heavy atom. The summed E-state index contributed by atoms with van der Waals surface area (Å²) in [6.07, 6.45) is 5.33. The fourth-order valence-electron chi connectivity index (χ4n) is 0.993. The molecular weight excluding hydrogens is 134 g/mol. The first-order chi connectivity index (χ1) is 5.31. The zero-order valence-electron chi connectivity index (χ0n) is 8.32. The first-order valence-electron chi connectivity index (χ1n) is 5.02. The summed E-state index contributed by atoms with van der Waals surface area (Å²) in [6.45, 7) is 9.19. The molecule has 1 nitrogen and oxygen atoms in total. The van der Waals surface area contributed by atoms with Crippen LogP contribution in [0.1, 0.15) is 46.5 Å². The molecule has 11 heavy (non-hydrogen) atoms. The summed E-state index contributed by atoms with van der Waals surface area (Å²) in [4.78, 5) is 0. The van der Waals surface area contributed by atoms with Gasteiger partial charge in [-0.3, -0.25) is 0 Å². The fraction of sp³-hybridized carbons (Fsp3) is 1.00. The van der Waals surface area contributed by atoms with Crippen LogP contribution in [0.3, 0.4) is 0 Å². The Morgan fingerprint density at radius 3 is 2.45 bits per heavy atom. The Kier molecular flexibility index (Phi) is 8.03. The van der Waals surface area contributed by atoms with Crippen LogP contribution < -0.4 is 5.32 Å². The Hall–Kier alpha value is -0.0400. The highest BCUT2D eigenvalue weighted by Crippen LogP contribution is 1.97. The lowest BCUT2D eigenvalue weighted by Crippen LogP contribution is -2.21. The van der Waals surface area contributed by atoms with E-state index in [1.807, 2.05) is 0 Å². The highest BCUT2D eigenvalue weighted by molar-refractivity contribution is 4.54. The Balaban J connectivity index is 2.89. The van der Waals surface area contributed by atoms with E-state index in [1.54, 1.807) is 0 Å². The van der Waals surface area contributed by atoms with Crippen molar-refractivity contribution in [3.05, 3.63) is 0 Å². The van der Waals surface area contributed by atoms with Crippen LogP contribution >= 0.6 is 0 Å². The molecule has 0 aliphatic heterocycles. The van der Waals surface area contributed by atoms with Gasteiger partial charge in [-0.05, 0) is 25.4 Å². The van der Waals surface area contributed by atoms with Crippen molar-refractivity contribution in [3.63, 3.8) is 0 Å². The molecule has 0 amide bonds. The third kappa shape index (κ3) is 7.86. The van der Waals surface area contributed by atoms with E-state index in [2.05, 4.69) is 26.1 Å². The molecule has 0 aliphatic rings. The SMILES string of the molecule is CCCCCNCC(C)CC. The van der Waals surface area contributed by atoms with Gasteiger partial charge in [0.25, 0.3) is 0 Å². The maximum absolute atomic E-state index is 3.47. The van der Waals surface area contributed by atoms with E-state index >= 15 is 0 Å². The van der Waals surface area contributed by atoms with Crippen molar-refractivity contribution < 1.29 is 0 Å². The highest BCUT2D eigenvalue weighted by atomic mass is 14.8. The van der Waals surface area contributed by atoms with Gasteiger partial charge in [0, 0.05) is 0 Å². The molecule has 1 heteroatoms. The number of hydrogen-bond donors (Lipinski definition) is 1. The summed E-state index contributed by atoms with van der Waals surface area (Å²) < 4.78 is 0. The maximum Gasteiger partial charge on any atom is -0.00233 e. The quantitative estimate of drug-likeness (QED) is 0.560. The van der Waals surface area contributed by atoms with Crippen LogP contribution in [-0.4, -0.2) is 13.1 Å². The van der Waals surface area contributed by atoms with Gasteiger partial charge in [-0.1, -0.05) is 40.0 Å². The summed E-state index contributed by atoms with van der Waals surface area (Å²) >= 11 is 0. The molecule has 0 aromatic rings. The smallest absolute Gasteiger partial charge is 0.00233 e. The van der Waals surface area contributed by atoms with Crippen molar-refractivity contribution in [1.29, 1.82) is 0 Å². The first-order valence-corrected chi connectivity index (χ1v) is 5.02. The second-order valence-electron chi connectivity index (χ2n) is 3.42. The predicted octanol–water partition coefficient (Wildman–Crippen LogP) is 2.81. The van der Waals surface area contributed by atoms with Crippen LogP contribution in [0.4, 0.5) is 0 Å². The molecule has 1 unspecified atom stereocenters. The largest absolute Gasteiger partial charge is 0.316 e. The average molecular weight is 157 g/mol. The number of hydrogen-bond acceptors (Lipinski definition) is 1. The van der Waals surface area contributed by atoms with Crippen molar-refractivity contribution in [1.82, 2.24) is 5.32 Å². The molecule has 1 N–H and O–H groups in total. The summed E-state index contributed by atoms with van der Waals surface area (Å²) in [7, 11) is 0. The van der Waals surface area contributed by atoms with Gasteiger partial charge >= 0.3 is 0 Å². The van der Waals surface area contributed by atoms with Gasteiger partial charge in [0.15, 0.2) is 0 Å². The average Bonchev–Trinajstić information content (AvgIpc) is 2.04. The Labute approximate surface area is 71.6 Å². The standard InChI is InChI=1S/C10H23N/c1-4-6-7-8-11-9-10(3)5-2/h10-11H,4-9H2,1-3H3. The molecule has 0 aromatic carbocycles. The van der Waals surface area contributed by atoms with Crippen LogP contribution in [-0.2, 0) is 0 Å². The van der Waals surface area contributed by atoms with Gasteiger partial charge in [-0.2, -0.15) is 0 Å².